The van der Waals surface area contributed by atoms with E-state index in [1.807, 2.05) is 13.8 Å². The monoisotopic (exact) mass is 663 g/mol. The van der Waals surface area contributed by atoms with Gasteiger partial charge in [-0.25, -0.2) is 8.42 Å². The Bertz CT molecular complexity index is 1530. The van der Waals surface area contributed by atoms with Crippen molar-refractivity contribution in [2.75, 3.05) is 10.8 Å². The van der Waals surface area contributed by atoms with Gasteiger partial charge < -0.3 is 10.2 Å². The summed E-state index contributed by atoms with van der Waals surface area (Å²) in [4.78, 5) is 29.4. The van der Waals surface area contributed by atoms with E-state index in [0.29, 0.717) is 27.1 Å². The highest BCUT2D eigenvalue weighted by Crippen LogP contribution is 2.28. The first-order chi connectivity index (χ1) is 20.5. The molecule has 7 nitrogen and oxygen atoms in total. The third-order valence-corrected chi connectivity index (χ3v) is 10.5. The van der Waals surface area contributed by atoms with Crippen molar-refractivity contribution in [2.45, 2.75) is 75.9 Å². The van der Waals surface area contributed by atoms with Crippen LogP contribution in [0.3, 0.4) is 0 Å². The van der Waals surface area contributed by atoms with Crippen LogP contribution >= 0.6 is 34.8 Å². The fourth-order valence-electron chi connectivity index (χ4n) is 5.27. The van der Waals surface area contributed by atoms with E-state index in [4.69, 9.17) is 34.8 Å². The average molecular weight is 665 g/mol. The van der Waals surface area contributed by atoms with Crippen LogP contribution in [0.2, 0.25) is 15.1 Å². The van der Waals surface area contributed by atoms with Gasteiger partial charge >= 0.3 is 0 Å². The number of hydrogen-bond donors (Lipinski definition) is 1. The summed E-state index contributed by atoms with van der Waals surface area (Å²) in [5.41, 5.74) is 1.83. The number of halogens is 3. The highest BCUT2D eigenvalue weighted by molar-refractivity contribution is 7.92. The minimum atomic E-state index is -4.17. The van der Waals surface area contributed by atoms with Crippen LogP contribution in [0.15, 0.2) is 71.6 Å². The number of sulfonamides is 1. The van der Waals surface area contributed by atoms with Gasteiger partial charge in [0.1, 0.15) is 12.6 Å². The van der Waals surface area contributed by atoms with Gasteiger partial charge in [0.05, 0.1) is 20.6 Å². The Balaban J connectivity index is 1.71. The lowest BCUT2D eigenvalue weighted by atomic mass is 9.95. The number of benzene rings is 3. The Hall–Kier alpha value is -2.78. The van der Waals surface area contributed by atoms with E-state index in [-0.39, 0.29) is 29.1 Å². The molecule has 1 aliphatic carbocycles. The maximum absolute atomic E-state index is 14.2. The number of nitrogens with one attached hydrogen (secondary N) is 1. The molecular weight excluding hydrogens is 629 g/mol. The average Bonchev–Trinajstić information content (AvgIpc) is 2.98. The van der Waals surface area contributed by atoms with Crippen molar-refractivity contribution in [1.29, 1.82) is 0 Å². The zero-order valence-electron chi connectivity index (χ0n) is 24.2. The number of nitrogens with zero attached hydrogens (tertiary/aromatic N) is 2. The van der Waals surface area contributed by atoms with E-state index in [1.54, 1.807) is 54.6 Å². The van der Waals surface area contributed by atoms with Gasteiger partial charge in [-0.05, 0) is 80.3 Å². The molecule has 230 valence electrons. The molecule has 1 fully saturated rings. The van der Waals surface area contributed by atoms with Gasteiger partial charge in [0.25, 0.3) is 10.0 Å². The molecule has 0 unspecified atom stereocenters. The quantitative estimate of drug-likeness (QED) is 0.231. The fourth-order valence-corrected chi connectivity index (χ4v) is 7.13. The van der Waals surface area contributed by atoms with Crippen LogP contribution in [0.5, 0.6) is 0 Å². The first-order valence-electron chi connectivity index (χ1n) is 14.4. The summed E-state index contributed by atoms with van der Waals surface area (Å²) in [7, 11) is -4.17. The first kappa shape index (κ1) is 33.1. The second-order valence-electron chi connectivity index (χ2n) is 10.8. The predicted octanol–water partition coefficient (Wildman–Crippen LogP) is 7.41. The molecule has 3 aromatic rings. The Labute approximate surface area is 269 Å². The topological polar surface area (TPSA) is 86.8 Å². The molecule has 1 atom stereocenters. The molecule has 11 heteroatoms. The number of anilines is 1. The third kappa shape index (κ3) is 8.44. The Morgan fingerprint density at radius 1 is 0.907 bits per heavy atom. The van der Waals surface area contributed by atoms with Crippen molar-refractivity contribution in [3.8, 4) is 0 Å². The molecule has 1 N–H and O–H groups in total. The molecule has 2 amide bonds. The standard InChI is InChI=1S/C32H36Cl3N3O4S/c1-3-30(32(40)36-25-7-5-4-6-8-25)37(20-23-11-18-28(34)29(35)19-23)31(39)21-38(26-14-12-24(33)13-15-26)43(41,42)27-16-9-22(2)10-17-27/h9-19,25,30H,3-8,20-21H2,1-2H3,(H,36,40)/t30-/m0/s1. The van der Waals surface area contributed by atoms with E-state index < -0.39 is 28.5 Å². The lowest BCUT2D eigenvalue weighted by Crippen LogP contribution is -2.54. The first-order valence-corrected chi connectivity index (χ1v) is 17.0. The van der Waals surface area contributed by atoms with E-state index >= 15 is 0 Å². The van der Waals surface area contributed by atoms with E-state index in [2.05, 4.69) is 5.32 Å². The SMILES string of the molecule is CC[C@@H](C(=O)NC1CCCCC1)N(Cc1ccc(Cl)c(Cl)c1)C(=O)CN(c1ccc(Cl)cc1)S(=O)(=O)c1ccc(C)cc1. The van der Waals surface area contributed by atoms with E-state index in [1.165, 1.54) is 17.0 Å². The fraction of sp³-hybridized carbons (Fsp3) is 0.375. The molecule has 0 heterocycles. The number of hydrogen-bond acceptors (Lipinski definition) is 4. The third-order valence-electron chi connectivity index (χ3n) is 7.68. The number of rotatable bonds is 11. The van der Waals surface area contributed by atoms with Crippen molar-refractivity contribution in [2.24, 2.45) is 0 Å². The predicted molar refractivity (Wildman–Crippen MR) is 173 cm³/mol. The van der Waals surface area contributed by atoms with E-state index in [9.17, 15) is 18.0 Å². The van der Waals surface area contributed by atoms with Crippen molar-refractivity contribution in [1.82, 2.24) is 10.2 Å². The summed E-state index contributed by atoms with van der Waals surface area (Å²) in [5, 5.41) is 4.24. The normalized spacial score (nSPS) is 14.6. The summed E-state index contributed by atoms with van der Waals surface area (Å²) in [5.74, 6) is -0.801. The van der Waals surface area contributed by atoms with Crippen molar-refractivity contribution < 1.29 is 18.0 Å². The van der Waals surface area contributed by atoms with Crippen LogP contribution in [0.25, 0.3) is 0 Å². The lowest BCUT2D eigenvalue weighted by Gasteiger charge is -2.34. The zero-order chi connectivity index (χ0) is 31.1. The molecular formula is C32H36Cl3N3O4S. The maximum atomic E-state index is 14.2. The van der Waals surface area contributed by atoms with Crippen LogP contribution < -0.4 is 9.62 Å². The molecule has 4 rings (SSSR count). The smallest absolute Gasteiger partial charge is 0.264 e. The number of carbonyl (C=O) groups is 2. The number of aryl methyl sites for hydroxylation is 1. The minimum Gasteiger partial charge on any atom is -0.352 e. The molecule has 3 aromatic carbocycles. The number of carbonyl (C=O) groups excluding carboxylic acids is 2. The molecule has 1 saturated carbocycles. The Morgan fingerprint density at radius 2 is 1.56 bits per heavy atom. The lowest BCUT2D eigenvalue weighted by molar-refractivity contribution is -0.140. The van der Waals surface area contributed by atoms with Crippen LogP contribution in [0, 0.1) is 6.92 Å². The van der Waals surface area contributed by atoms with E-state index in [0.717, 1.165) is 42.0 Å². The van der Waals surface area contributed by atoms with Gasteiger partial charge in [-0.3, -0.25) is 13.9 Å². The van der Waals surface area contributed by atoms with Crippen LogP contribution in [-0.4, -0.2) is 43.8 Å². The van der Waals surface area contributed by atoms with Gasteiger partial charge in [0.15, 0.2) is 0 Å². The molecule has 0 bridgehead atoms. The molecule has 0 saturated heterocycles. The summed E-state index contributed by atoms with van der Waals surface area (Å²) < 4.78 is 29.0. The Morgan fingerprint density at radius 3 is 2.16 bits per heavy atom. The van der Waals surface area contributed by atoms with Gasteiger partial charge in [-0.1, -0.05) is 84.8 Å². The molecule has 0 aromatic heterocycles. The summed E-state index contributed by atoms with van der Waals surface area (Å²) in [6.07, 6.45) is 5.34. The molecule has 0 spiro atoms. The molecule has 43 heavy (non-hydrogen) atoms. The highest BCUT2D eigenvalue weighted by atomic mass is 35.5. The van der Waals surface area contributed by atoms with Gasteiger partial charge in [-0.15, -0.1) is 0 Å². The van der Waals surface area contributed by atoms with Gasteiger partial charge in [-0.2, -0.15) is 0 Å². The Kier molecular flexibility index (Phi) is 11.4. The summed E-state index contributed by atoms with van der Waals surface area (Å²) in [6, 6.07) is 16.9. The van der Waals surface area contributed by atoms with Gasteiger partial charge in [0.2, 0.25) is 11.8 Å². The second kappa shape index (κ2) is 14.8. The second-order valence-corrected chi connectivity index (χ2v) is 14.0. The molecule has 0 aliphatic heterocycles. The minimum absolute atomic E-state index is 0.0331. The maximum Gasteiger partial charge on any atom is 0.264 e. The molecule has 1 aliphatic rings. The highest BCUT2D eigenvalue weighted by Gasteiger charge is 2.34. The summed E-state index contributed by atoms with van der Waals surface area (Å²) in [6.45, 7) is 3.19. The summed E-state index contributed by atoms with van der Waals surface area (Å²) >= 11 is 18.5. The van der Waals surface area contributed by atoms with Crippen LogP contribution in [0.4, 0.5) is 5.69 Å². The van der Waals surface area contributed by atoms with Gasteiger partial charge in [0, 0.05) is 17.6 Å². The zero-order valence-corrected chi connectivity index (χ0v) is 27.3. The van der Waals surface area contributed by atoms with Crippen LogP contribution in [-0.2, 0) is 26.2 Å². The van der Waals surface area contributed by atoms with Crippen molar-refractivity contribution >= 4 is 62.3 Å². The number of amides is 2. The largest absolute Gasteiger partial charge is 0.352 e. The van der Waals surface area contributed by atoms with Crippen LogP contribution in [0.1, 0.15) is 56.6 Å². The molecule has 0 radical (unpaired) electrons. The van der Waals surface area contributed by atoms with Crippen molar-refractivity contribution in [3.05, 3.63) is 92.9 Å². The van der Waals surface area contributed by atoms with Crippen molar-refractivity contribution in [3.63, 3.8) is 0 Å².